The quantitative estimate of drug-likeness (QED) is 0.642. The van der Waals surface area contributed by atoms with E-state index in [4.69, 9.17) is 5.73 Å². The van der Waals surface area contributed by atoms with E-state index in [-0.39, 0.29) is 24.4 Å². The first kappa shape index (κ1) is 10.4. The number of likely N-dealkylation sites (tertiary alicyclic amines) is 1. The van der Waals surface area contributed by atoms with Crippen LogP contribution in [-0.2, 0) is 9.59 Å². The summed E-state index contributed by atoms with van der Waals surface area (Å²) in [5.41, 5.74) is 5.75. The van der Waals surface area contributed by atoms with Crippen LogP contribution in [0.5, 0.6) is 0 Å². The van der Waals surface area contributed by atoms with Crippen LogP contribution in [0.3, 0.4) is 0 Å². The van der Waals surface area contributed by atoms with Gasteiger partial charge < -0.3 is 16.0 Å². The van der Waals surface area contributed by atoms with Crippen molar-refractivity contribution in [2.75, 3.05) is 13.1 Å². The van der Waals surface area contributed by atoms with Crippen molar-refractivity contribution in [1.29, 1.82) is 0 Å². The summed E-state index contributed by atoms with van der Waals surface area (Å²) in [5, 5.41) is 2.86. The fourth-order valence-corrected chi connectivity index (χ4v) is 1.77. The molecule has 2 aliphatic rings. The van der Waals surface area contributed by atoms with E-state index in [2.05, 4.69) is 5.32 Å². The van der Waals surface area contributed by atoms with Gasteiger partial charge in [0.1, 0.15) is 0 Å². The number of nitrogens with two attached hydrogens (primary N) is 1. The predicted octanol–water partition coefficient (Wildman–Crippen LogP) is -0.785. The van der Waals surface area contributed by atoms with Gasteiger partial charge in [0, 0.05) is 25.0 Å². The predicted molar refractivity (Wildman–Crippen MR) is 55.0 cm³/mol. The maximum Gasteiger partial charge on any atom is 0.239 e. The lowest BCUT2D eigenvalue weighted by Gasteiger charge is -2.30. The number of hydrogen-bond acceptors (Lipinski definition) is 3. The minimum Gasteiger partial charge on any atom is -0.352 e. The molecule has 5 nitrogen and oxygen atoms in total. The molecule has 0 radical (unpaired) electrons. The lowest BCUT2D eigenvalue weighted by Crippen LogP contribution is -2.50. The highest BCUT2D eigenvalue weighted by atomic mass is 16.2. The molecule has 0 bridgehead atoms. The molecule has 15 heavy (non-hydrogen) atoms. The van der Waals surface area contributed by atoms with Crippen LogP contribution in [0, 0.1) is 0 Å². The van der Waals surface area contributed by atoms with Gasteiger partial charge in [-0.1, -0.05) is 0 Å². The van der Waals surface area contributed by atoms with Crippen molar-refractivity contribution in [3.8, 4) is 0 Å². The number of amides is 2. The number of carbonyl (C=O) groups is 2. The summed E-state index contributed by atoms with van der Waals surface area (Å²) < 4.78 is 0. The molecule has 1 atom stereocenters. The zero-order chi connectivity index (χ0) is 10.8. The van der Waals surface area contributed by atoms with Gasteiger partial charge in [0.2, 0.25) is 11.8 Å². The molecule has 0 aromatic heterocycles. The Morgan fingerprint density at radius 2 is 2.20 bits per heavy atom. The molecule has 2 rings (SSSR count). The summed E-state index contributed by atoms with van der Waals surface area (Å²) >= 11 is 0. The molecule has 1 saturated carbocycles. The Labute approximate surface area is 89.0 Å². The van der Waals surface area contributed by atoms with Gasteiger partial charge in [-0.15, -0.1) is 0 Å². The first-order chi connectivity index (χ1) is 7.15. The molecule has 0 unspecified atom stereocenters. The number of carbonyl (C=O) groups excluding carboxylic acids is 2. The average Bonchev–Trinajstić information content (AvgIpc) is 2.95. The Bertz CT molecular complexity index is 276. The van der Waals surface area contributed by atoms with E-state index in [1.165, 1.54) is 0 Å². The molecule has 0 aromatic carbocycles. The molecule has 5 heteroatoms. The van der Waals surface area contributed by atoms with Crippen molar-refractivity contribution in [3.63, 3.8) is 0 Å². The summed E-state index contributed by atoms with van der Waals surface area (Å²) in [6, 6.07) is 0.377. The van der Waals surface area contributed by atoms with E-state index in [1.807, 2.05) is 0 Å². The van der Waals surface area contributed by atoms with Crippen molar-refractivity contribution in [3.05, 3.63) is 0 Å². The summed E-state index contributed by atoms with van der Waals surface area (Å²) in [6.45, 7) is 0.681. The number of nitrogens with one attached hydrogen (secondary N) is 1. The standard InChI is InChI=1S/C10H17N3O2/c11-7-1-4-10(15)13(5-7)6-9(14)12-8-2-3-8/h7-8H,1-6,11H2,(H,12,14)/t7-/m0/s1. The molecule has 3 N–H and O–H groups in total. The molecule has 1 aliphatic carbocycles. The Balaban J connectivity index is 1.80. The van der Waals surface area contributed by atoms with E-state index < -0.39 is 0 Å². The van der Waals surface area contributed by atoms with Crippen LogP contribution >= 0.6 is 0 Å². The van der Waals surface area contributed by atoms with E-state index in [0.29, 0.717) is 19.0 Å². The van der Waals surface area contributed by atoms with Crippen LogP contribution in [0.2, 0.25) is 0 Å². The van der Waals surface area contributed by atoms with Crippen LogP contribution < -0.4 is 11.1 Å². The Morgan fingerprint density at radius 1 is 1.47 bits per heavy atom. The number of nitrogens with zero attached hydrogens (tertiary/aromatic N) is 1. The Hall–Kier alpha value is -1.10. The zero-order valence-electron chi connectivity index (χ0n) is 8.74. The summed E-state index contributed by atoms with van der Waals surface area (Å²) in [4.78, 5) is 24.5. The number of rotatable bonds is 3. The number of hydrogen-bond donors (Lipinski definition) is 2. The topological polar surface area (TPSA) is 75.4 Å². The average molecular weight is 211 g/mol. The van der Waals surface area contributed by atoms with Crippen molar-refractivity contribution in [1.82, 2.24) is 10.2 Å². The van der Waals surface area contributed by atoms with Gasteiger partial charge in [-0.3, -0.25) is 9.59 Å². The monoisotopic (exact) mass is 211 g/mol. The fourth-order valence-electron chi connectivity index (χ4n) is 1.77. The van der Waals surface area contributed by atoms with E-state index in [0.717, 1.165) is 19.3 Å². The lowest BCUT2D eigenvalue weighted by atomic mass is 10.1. The molecule has 1 heterocycles. The smallest absolute Gasteiger partial charge is 0.239 e. The maximum atomic E-state index is 11.5. The second-order valence-corrected chi connectivity index (χ2v) is 4.41. The van der Waals surface area contributed by atoms with Crippen LogP contribution in [0.25, 0.3) is 0 Å². The zero-order valence-corrected chi connectivity index (χ0v) is 8.74. The van der Waals surface area contributed by atoms with Gasteiger partial charge in [-0.05, 0) is 19.3 Å². The maximum absolute atomic E-state index is 11.5. The first-order valence-corrected chi connectivity index (χ1v) is 5.48. The fraction of sp³-hybridized carbons (Fsp3) is 0.800. The van der Waals surface area contributed by atoms with E-state index in [9.17, 15) is 9.59 Å². The van der Waals surface area contributed by atoms with Crippen molar-refractivity contribution in [2.45, 2.75) is 37.8 Å². The molecule has 1 aliphatic heterocycles. The molecule has 0 aromatic rings. The van der Waals surface area contributed by atoms with Crippen LogP contribution in [0.15, 0.2) is 0 Å². The third kappa shape index (κ3) is 2.92. The highest BCUT2D eigenvalue weighted by molar-refractivity contribution is 5.85. The molecule has 2 amide bonds. The lowest BCUT2D eigenvalue weighted by molar-refractivity contribution is -0.138. The van der Waals surface area contributed by atoms with Crippen LogP contribution in [-0.4, -0.2) is 41.9 Å². The molecule has 2 fully saturated rings. The van der Waals surface area contributed by atoms with Gasteiger partial charge in [0.25, 0.3) is 0 Å². The SMILES string of the molecule is N[C@H]1CCC(=O)N(CC(=O)NC2CC2)C1. The molecule has 84 valence electrons. The second-order valence-electron chi connectivity index (χ2n) is 4.41. The van der Waals surface area contributed by atoms with Crippen molar-refractivity contribution >= 4 is 11.8 Å². The van der Waals surface area contributed by atoms with Crippen molar-refractivity contribution < 1.29 is 9.59 Å². The van der Waals surface area contributed by atoms with Gasteiger partial charge in [-0.2, -0.15) is 0 Å². The molecular weight excluding hydrogens is 194 g/mol. The molecular formula is C10H17N3O2. The minimum absolute atomic E-state index is 0.0245. The molecule has 1 saturated heterocycles. The van der Waals surface area contributed by atoms with Gasteiger partial charge in [0.15, 0.2) is 0 Å². The summed E-state index contributed by atoms with van der Waals surface area (Å²) in [7, 11) is 0. The largest absolute Gasteiger partial charge is 0.352 e. The van der Waals surface area contributed by atoms with Gasteiger partial charge in [0.05, 0.1) is 6.54 Å². The first-order valence-electron chi connectivity index (χ1n) is 5.48. The Kier molecular flexibility index (Phi) is 2.90. The van der Waals surface area contributed by atoms with Gasteiger partial charge >= 0.3 is 0 Å². The minimum atomic E-state index is -0.0556. The normalized spacial score (nSPS) is 26.6. The summed E-state index contributed by atoms with van der Waals surface area (Å²) in [5.74, 6) is -0.0115. The highest BCUT2D eigenvalue weighted by Crippen LogP contribution is 2.18. The van der Waals surface area contributed by atoms with Gasteiger partial charge in [-0.25, -0.2) is 0 Å². The van der Waals surface area contributed by atoms with Crippen LogP contribution in [0.4, 0.5) is 0 Å². The van der Waals surface area contributed by atoms with E-state index >= 15 is 0 Å². The highest BCUT2D eigenvalue weighted by Gasteiger charge is 2.27. The third-order valence-corrected chi connectivity index (χ3v) is 2.81. The van der Waals surface area contributed by atoms with Crippen molar-refractivity contribution in [2.24, 2.45) is 5.73 Å². The third-order valence-electron chi connectivity index (χ3n) is 2.81. The number of piperidine rings is 1. The Morgan fingerprint density at radius 3 is 2.87 bits per heavy atom. The summed E-state index contributed by atoms with van der Waals surface area (Å²) in [6.07, 6.45) is 3.34. The second kappa shape index (κ2) is 4.18. The molecule has 0 spiro atoms. The van der Waals surface area contributed by atoms with E-state index in [1.54, 1.807) is 4.90 Å². The van der Waals surface area contributed by atoms with Crippen LogP contribution in [0.1, 0.15) is 25.7 Å².